The van der Waals surface area contributed by atoms with Gasteiger partial charge < -0.3 is 9.72 Å². The Labute approximate surface area is 174 Å². The molecule has 1 fully saturated rings. The summed E-state index contributed by atoms with van der Waals surface area (Å²) < 4.78 is 6.76. The number of nitrogens with zero attached hydrogens (tertiary/aromatic N) is 1. The Hall–Kier alpha value is -2.10. The standard InChI is InChI=1S/C26H32N2O/c1-18-10-11-23-21(16-18)22-17-19(2)29-26(24(22)27-23)14-12-25(13-15-26,28(3)4)20-8-6-5-7-9-20/h5-11,16,19,27H,12-15,17H2,1-4H3. The van der Waals surface area contributed by atoms with E-state index in [9.17, 15) is 0 Å². The van der Waals surface area contributed by atoms with Crippen LogP contribution in [0.1, 0.15) is 55.0 Å². The SMILES string of the molecule is Cc1ccc2[nH]c3c(c2c1)CC(C)OC31CCC(c2ccccc2)(N(C)C)CC1. The fourth-order valence-corrected chi connectivity index (χ4v) is 5.91. The lowest BCUT2D eigenvalue weighted by molar-refractivity contribution is -0.145. The van der Waals surface area contributed by atoms with E-state index in [1.807, 2.05) is 0 Å². The number of hydrogen-bond donors (Lipinski definition) is 1. The molecule has 1 aliphatic carbocycles. The van der Waals surface area contributed by atoms with Crippen LogP contribution in [-0.4, -0.2) is 30.1 Å². The Morgan fingerprint density at radius 1 is 1.00 bits per heavy atom. The van der Waals surface area contributed by atoms with E-state index in [4.69, 9.17) is 4.74 Å². The van der Waals surface area contributed by atoms with Crippen LogP contribution in [-0.2, 0) is 22.3 Å². The highest BCUT2D eigenvalue weighted by atomic mass is 16.5. The van der Waals surface area contributed by atoms with Crippen LogP contribution >= 0.6 is 0 Å². The second-order valence-corrected chi connectivity index (χ2v) is 9.45. The third kappa shape index (κ3) is 2.86. The van der Waals surface area contributed by atoms with Crippen molar-refractivity contribution in [2.24, 2.45) is 0 Å². The monoisotopic (exact) mass is 388 g/mol. The minimum Gasteiger partial charge on any atom is -0.365 e. The van der Waals surface area contributed by atoms with Crippen molar-refractivity contribution in [1.29, 1.82) is 0 Å². The average Bonchev–Trinajstić information content (AvgIpc) is 3.08. The van der Waals surface area contributed by atoms with Crippen LogP contribution < -0.4 is 0 Å². The number of aromatic nitrogens is 1. The fourth-order valence-electron chi connectivity index (χ4n) is 5.91. The average molecular weight is 389 g/mol. The largest absolute Gasteiger partial charge is 0.365 e. The minimum absolute atomic E-state index is 0.0827. The number of rotatable bonds is 2. The Kier molecular flexibility index (Phi) is 4.38. The number of hydrogen-bond acceptors (Lipinski definition) is 2. The maximum Gasteiger partial charge on any atom is 0.109 e. The molecule has 1 atom stereocenters. The number of fused-ring (bicyclic) bond motifs is 4. The number of aromatic amines is 1. The number of benzene rings is 2. The number of aryl methyl sites for hydroxylation is 1. The quantitative estimate of drug-likeness (QED) is 0.613. The molecule has 1 spiro atoms. The predicted molar refractivity (Wildman–Crippen MR) is 119 cm³/mol. The second kappa shape index (κ2) is 6.72. The minimum atomic E-state index is -0.186. The lowest BCUT2D eigenvalue weighted by Crippen LogP contribution is -2.51. The molecule has 2 heterocycles. The summed E-state index contributed by atoms with van der Waals surface area (Å²) in [5, 5.41) is 1.39. The van der Waals surface area contributed by atoms with Gasteiger partial charge >= 0.3 is 0 Å². The highest BCUT2D eigenvalue weighted by Gasteiger charge is 2.50. The van der Waals surface area contributed by atoms with Crippen LogP contribution in [0.3, 0.4) is 0 Å². The molecule has 2 aromatic carbocycles. The lowest BCUT2D eigenvalue weighted by Gasteiger charge is -2.51. The van der Waals surface area contributed by atoms with Gasteiger partial charge in [0, 0.05) is 22.9 Å². The van der Waals surface area contributed by atoms with Crippen LogP contribution in [0, 0.1) is 6.92 Å². The van der Waals surface area contributed by atoms with Gasteiger partial charge in [-0.1, -0.05) is 42.0 Å². The Morgan fingerprint density at radius 3 is 2.41 bits per heavy atom. The number of ether oxygens (including phenoxy) is 1. The van der Waals surface area contributed by atoms with E-state index in [1.165, 1.54) is 33.3 Å². The predicted octanol–water partition coefficient (Wildman–Crippen LogP) is 5.66. The Morgan fingerprint density at radius 2 is 1.72 bits per heavy atom. The van der Waals surface area contributed by atoms with Gasteiger partial charge in [0.05, 0.1) is 11.8 Å². The summed E-state index contributed by atoms with van der Waals surface area (Å²) in [5.41, 5.74) is 6.73. The molecular weight excluding hydrogens is 356 g/mol. The second-order valence-electron chi connectivity index (χ2n) is 9.45. The molecule has 152 valence electrons. The first kappa shape index (κ1) is 18.9. The molecule has 1 aliphatic heterocycles. The van der Waals surface area contributed by atoms with Crippen LogP contribution in [0.2, 0.25) is 0 Å². The summed E-state index contributed by atoms with van der Waals surface area (Å²) in [4.78, 5) is 6.21. The van der Waals surface area contributed by atoms with Crippen molar-refractivity contribution in [3.63, 3.8) is 0 Å². The molecule has 1 unspecified atom stereocenters. The Balaban J connectivity index is 1.56. The zero-order chi connectivity index (χ0) is 20.2. The molecule has 3 aromatic rings. The summed E-state index contributed by atoms with van der Waals surface area (Å²) >= 11 is 0. The zero-order valence-corrected chi connectivity index (χ0v) is 18.1. The summed E-state index contributed by atoms with van der Waals surface area (Å²) in [6, 6.07) is 17.8. The van der Waals surface area contributed by atoms with E-state index in [1.54, 1.807) is 0 Å². The lowest BCUT2D eigenvalue weighted by atomic mass is 9.67. The molecule has 0 radical (unpaired) electrons. The highest BCUT2D eigenvalue weighted by Crippen LogP contribution is 2.53. The van der Waals surface area contributed by atoms with Gasteiger partial charge in [0.15, 0.2) is 0 Å². The first-order valence-electron chi connectivity index (χ1n) is 11.0. The molecule has 1 saturated carbocycles. The summed E-state index contributed by atoms with van der Waals surface area (Å²) in [6.45, 7) is 4.42. The zero-order valence-electron chi connectivity index (χ0n) is 18.1. The normalized spacial score (nSPS) is 29.5. The maximum atomic E-state index is 6.76. The van der Waals surface area contributed by atoms with Gasteiger partial charge in [0.2, 0.25) is 0 Å². The van der Waals surface area contributed by atoms with Crippen molar-refractivity contribution in [3.05, 3.63) is 70.9 Å². The van der Waals surface area contributed by atoms with Gasteiger partial charge in [-0.3, -0.25) is 4.90 Å². The van der Waals surface area contributed by atoms with E-state index < -0.39 is 0 Å². The van der Waals surface area contributed by atoms with Gasteiger partial charge in [-0.05, 0) is 76.9 Å². The fraction of sp³-hybridized carbons (Fsp3) is 0.462. The third-order valence-corrected chi connectivity index (χ3v) is 7.49. The first-order valence-corrected chi connectivity index (χ1v) is 11.0. The summed E-state index contributed by atoms with van der Waals surface area (Å²) in [5.74, 6) is 0. The topological polar surface area (TPSA) is 28.3 Å². The van der Waals surface area contributed by atoms with Crippen molar-refractivity contribution in [2.75, 3.05) is 14.1 Å². The smallest absolute Gasteiger partial charge is 0.109 e. The molecule has 3 nitrogen and oxygen atoms in total. The first-order chi connectivity index (χ1) is 13.9. The molecule has 1 N–H and O–H groups in total. The Bertz CT molecular complexity index is 1030. The van der Waals surface area contributed by atoms with Crippen molar-refractivity contribution in [2.45, 2.75) is 63.2 Å². The molecule has 29 heavy (non-hydrogen) atoms. The van der Waals surface area contributed by atoms with Crippen molar-refractivity contribution >= 4 is 10.9 Å². The third-order valence-electron chi connectivity index (χ3n) is 7.49. The number of nitrogens with one attached hydrogen (secondary N) is 1. The molecular formula is C26H32N2O. The van der Waals surface area contributed by atoms with Gasteiger partial charge in [0.25, 0.3) is 0 Å². The van der Waals surface area contributed by atoms with E-state index in [-0.39, 0.29) is 17.2 Å². The van der Waals surface area contributed by atoms with E-state index >= 15 is 0 Å². The van der Waals surface area contributed by atoms with Crippen LogP contribution in [0.4, 0.5) is 0 Å². The van der Waals surface area contributed by atoms with Gasteiger partial charge in [0.1, 0.15) is 5.60 Å². The molecule has 2 aliphatic rings. The molecule has 1 aromatic heterocycles. The maximum absolute atomic E-state index is 6.76. The molecule has 5 rings (SSSR count). The van der Waals surface area contributed by atoms with Gasteiger partial charge in [-0.2, -0.15) is 0 Å². The van der Waals surface area contributed by atoms with Crippen LogP contribution in [0.15, 0.2) is 48.5 Å². The number of H-pyrrole nitrogens is 1. The van der Waals surface area contributed by atoms with E-state index in [2.05, 4.69) is 86.4 Å². The van der Waals surface area contributed by atoms with Crippen LogP contribution in [0.25, 0.3) is 10.9 Å². The van der Waals surface area contributed by atoms with E-state index in [0.29, 0.717) is 0 Å². The highest BCUT2D eigenvalue weighted by molar-refractivity contribution is 5.86. The molecule has 0 bridgehead atoms. The van der Waals surface area contributed by atoms with Crippen molar-refractivity contribution in [3.8, 4) is 0 Å². The van der Waals surface area contributed by atoms with Gasteiger partial charge in [-0.25, -0.2) is 0 Å². The van der Waals surface area contributed by atoms with Crippen molar-refractivity contribution in [1.82, 2.24) is 9.88 Å². The van der Waals surface area contributed by atoms with Crippen LogP contribution in [0.5, 0.6) is 0 Å². The summed E-state index contributed by atoms with van der Waals surface area (Å²) in [6.07, 6.45) is 5.55. The van der Waals surface area contributed by atoms with E-state index in [0.717, 1.165) is 32.1 Å². The summed E-state index contributed by atoms with van der Waals surface area (Å²) in [7, 11) is 4.46. The van der Waals surface area contributed by atoms with Crippen molar-refractivity contribution < 1.29 is 4.74 Å². The molecule has 3 heteroatoms. The van der Waals surface area contributed by atoms with Gasteiger partial charge in [-0.15, -0.1) is 0 Å². The molecule has 0 amide bonds. The molecule has 0 saturated heterocycles.